The summed E-state index contributed by atoms with van der Waals surface area (Å²) in [7, 11) is 0. The van der Waals surface area contributed by atoms with Crippen LogP contribution in [-0.4, -0.2) is 9.97 Å². The minimum absolute atomic E-state index is 0.0289. The van der Waals surface area contributed by atoms with Crippen molar-refractivity contribution in [1.82, 2.24) is 9.97 Å². The minimum atomic E-state index is -4.65. The van der Waals surface area contributed by atoms with Crippen LogP contribution in [0.15, 0.2) is 42.5 Å². The van der Waals surface area contributed by atoms with E-state index in [1.807, 2.05) is 0 Å². The maximum absolute atomic E-state index is 13.0. The fourth-order valence-corrected chi connectivity index (χ4v) is 2.59. The van der Waals surface area contributed by atoms with Gasteiger partial charge in [-0.25, -0.2) is 9.97 Å². The first-order valence-electron chi connectivity index (χ1n) is 6.40. The van der Waals surface area contributed by atoms with Crippen molar-refractivity contribution in [2.24, 2.45) is 0 Å². The molecule has 0 bridgehead atoms. The van der Waals surface area contributed by atoms with Crippen LogP contribution >= 0.6 is 23.2 Å². The molecule has 0 radical (unpaired) electrons. The molecule has 0 aliphatic rings. The highest BCUT2D eigenvalue weighted by Gasteiger charge is 2.35. The lowest BCUT2D eigenvalue weighted by molar-refractivity contribution is -0.144. The zero-order valence-corrected chi connectivity index (χ0v) is 12.8. The van der Waals surface area contributed by atoms with Crippen molar-refractivity contribution in [2.75, 3.05) is 5.32 Å². The molecule has 0 saturated heterocycles. The van der Waals surface area contributed by atoms with Crippen molar-refractivity contribution in [2.45, 2.75) is 6.18 Å². The number of nitrogens with zero attached hydrogens (tertiary/aromatic N) is 2. The number of hydrogen-bond acceptors (Lipinski definition) is 3. The van der Waals surface area contributed by atoms with E-state index in [-0.39, 0.29) is 11.3 Å². The molecule has 23 heavy (non-hydrogen) atoms. The highest BCUT2D eigenvalue weighted by molar-refractivity contribution is 6.35. The fraction of sp³-hybridized carbons (Fsp3) is 0.0667. The van der Waals surface area contributed by atoms with Gasteiger partial charge in [-0.05, 0) is 30.3 Å². The molecular formula is C15H8Cl2F3N3. The van der Waals surface area contributed by atoms with Gasteiger partial charge in [-0.15, -0.1) is 0 Å². The lowest BCUT2D eigenvalue weighted by Crippen LogP contribution is -2.12. The fourth-order valence-electron chi connectivity index (χ4n) is 2.06. The van der Waals surface area contributed by atoms with Gasteiger partial charge in [0, 0.05) is 21.1 Å². The Balaban J connectivity index is 2.15. The highest BCUT2D eigenvalue weighted by atomic mass is 35.5. The predicted molar refractivity (Wildman–Crippen MR) is 84.3 cm³/mol. The van der Waals surface area contributed by atoms with Crippen molar-refractivity contribution in [3.05, 3.63) is 58.3 Å². The third-order valence-electron chi connectivity index (χ3n) is 2.98. The molecule has 3 aromatic rings. The Morgan fingerprint density at radius 3 is 2.22 bits per heavy atom. The van der Waals surface area contributed by atoms with Crippen molar-refractivity contribution in [1.29, 1.82) is 0 Å². The number of nitrogens with one attached hydrogen (secondary N) is 1. The van der Waals surface area contributed by atoms with Crippen LogP contribution in [0.3, 0.4) is 0 Å². The van der Waals surface area contributed by atoms with Crippen LogP contribution < -0.4 is 5.32 Å². The van der Waals surface area contributed by atoms with Gasteiger partial charge in [0.2, 0.25) is 5.82 Å². The van der Waals surface area contributed by atoms with Crippen LogP contribution in [0.25, 0.3) is 10.9 Å². The monoisotopic (exact) mass is 357 g/mol. The Kier molecular flexibility index (Phi) is 4.04. The molecular weight excluding hydrogens is 350 g/mol. The molecule has 0 aliphatic heterocycles. The average Bonchev–Trinajstić information content (AvgIpc) is 2.45. The Morgan fingerprint density at radius 1 is 0.913 bits per heavy atom. The third-order valence-corrected chi connectivity index (χ3v) is 3.42. The van der Waals surface area contributed by atoms with E-state index in [0.717, 1.165) is 0 Å². The third kappa shape index (κ3) is 3.48. The van der Waals surface area contributed by atoms with Crippen molar-refractivity contribution < 1.29 is 13.2 Å². The molecule has 0 fully saturated rings. The number of rotatable bonds is 2. The Morgan fingerprint density at radius 2 is 1.57 bits per heavy atom. The Hall–Kier alpha value is -2.05. The first-order valence-corrected chi connectivity index (χ1v) is 7.15. The van der Waals surface area contributed by atoms with Crippen LogP contribution in [0.2, 0.25) is 10.0 Å². The molecule has 3 rings (SSSR count). The number of hydrogen-bond donors (Lipinski definition) is 1. The van der Waals surface area contributed by atoms with Gasteiger partial charge in [-0.2, -0.15) is 13.2 Å². The Labute approximate surface area is 139 Å². The predicted octanol–water partition coefficient (Wildman–Crippen LogP) is 5.70. The topological polar surface area (TPSA) is 37.8 Å². The number of alkyl halides is 3. The molecule has 3 nitrogen and oxygen atoms in total. The van der Waals surface area contributed by atoms with E-state index < -0.39 is 12.0 Å². The smallest absolute Gasteiger partial charge is 0.340 e. The van der Waals surface area contributed by atoms with Gasteiger partial charge < -0.3 is 5.32 Å². The van der Waals surface area contributed by atoms with E-state index in [4.69, 9.17) is 23.2 Å². The zero-order chi connectivity index (χ0) is 16.6. The van der Waals surface area contributed by atoms with Gasteiger partial charge >= 0.3 is 6.18 Å². The van der Waals surface area contributed by atoms with E-state index in [1.165, 1.54) is 24.3 Å². The second-order valence-corrected chi connectivity index (χ2v) is 5.57. The summed E-state index contributed by atoms with van der Waals surface area (Å²) in [4.78, 5) is 7.15. The molecule has 118 valence electrons. The SMILES string of the molecule is FC(F)(F)c1nc(Nc2cc(Cl)cc(Cl)c2)c2ccccc2n1. The second kappa shape index (κ2) is 5.86. The van der Waals surface area contributed by atoms with Crippen molar-refractivity contribution in [3.63, 3.8) is 0 Å². The highest BCUT2D eigenvalue weighted by Crippen LogP contribution is 2.32. The number of anilines is 2. The molecule has 0 aliphatic carbocycles. The summed E-state index contributed by atoms with van der Waals surface area (Å²) in [6, 6.07) is 11.0. The van der Waals surface area contributed by atoms with Crippen LogP contribution in [0.1, 0.15) is 5.82 Å². The van der Waals surface area contributed by atoms with E-state index in [9.17, 15) is 13.2 Å². The van der Waals surface area contributed by atoms with E-state index in [0.29, 0.717) is 21.1 Å². The quantitative estimate of drug-likeness (QED) is 0.639. The molecule has 1 aromatic heterocycles. The normalized spacial score (nSPS) is 11.7. The minimum Gasteiger partial charge on any atom is -0.340 e. The molecule has 0 unspecified atom stereocenters. The standard InChI is InChI=1S/C15H8Cl2F3N3/c16-8-5-9(17)7-10(6-8)21-13-11-3-1-2-4-12(11)22-14(23-13)15(18,19)20/h1-7H,(H,21,22,23). The largest absolute Gasteiger partial charge is 0.451 e. The van der Waals surface area contributed by atoms with Gasteiger partial charge in [0.05, 0.1) is 5.52 Å². The van der Waals surface area contributed by atoms with E-state index in [1.54, 1.807) is 18.2 Å². The number of para-hydroxylation sites is 1. The molecule has 1 heterocycles. The number of benzene rings is 2. The van der Waals surface area contributed by atoms with Crippen LogP contribution in [0.4, 0.5) is 24.7 Å². The van der Waals surface area contributed by atoms with E-state index >= 15 is 0 Å². The second-order valence-electron chi connectivity index (χ2n) is 4.69. The van der Waals surface area contributed by atoms with Crippen molar-refractivity contribution >= 4 is 45.6 Å². The number of halogens is 5. The maximum Gasteiger partial charge on any atom is 0.451 e. The summed E-state index contributed by atoms with van der Waals surface area (Å²) >= 11 is 11.8. The zero-order valence-electron chi connectivity index (χ0n) is 11.3. The summed E-state index contributed by atoms with van der Waals surface area (Å²) in [5, 5.41) is 3.99. The summed E-state index contributed by atoms with van der Waals surface area (Å²) in [6.45, 7) is 0. The molecule has 8 heteroatoms. The van der Waals surface area contributed by atoms with E-state index in [2.05, 4.69) is 15.3 Å². The van der Waals surface area contributed by atoms with Gasteiger partial charge in [0.25, 0.3) is 0 Å². The summed E-state index contributed by atoms with van der Waals surface area (Å²) in [5.74, 6) is -1.19. The molecule has 0 saturated carbocycles. The maximum atomic E-state index is 13.0. The van der Waals surface area contributed by atoms with Crippen LogP contribution in [0, 0.1) is 0 Å². The van der Waals surface area contributed by atoms with Gasteiger partial charge in [-0.1, -0.05) is 35.3 Å². The Bertz CT molecular complexity index is 861. The first kappa shape index (κ1) is 15.8. The van der Waals surface area contributed by atoms with Crippen LogP contribution in [0.5, 0.6) is 0 Å². The van der Waals surface area contributed by atoms with Gasteiger partial charge in [-0.3, -0.25) is 0 Å². The van der Waals surface area contributed by atoms with Gasteiger partial charge in [0.1, 0.15) is 5.82 Å². The summed E-state index contributed by atoms with van der Waals surface area (Å²) in [6.07, 6.45) is -4.65. The number of fused-ring (bicyclic) bond motifs is 1. The molecule has 2 aromatic carbocycles. The number of aromatic nitrogens is 2. The molecule has 1 N–H and O–H groups in total. The average molecular weight is 358 g/mol. The summed E-state index contributed by atoms with van der Waals surface area (Å²) in [5.41, 5.74) is 0.616. The lowest BCUT2D eigenvalue weighted by Gasteiger charge is -2.12. The summed E-state index contributed by atoms with van der Waals surface area (Å²) < 4.78 is 38.9. The molecule has 0 amide bonds. The lowest BCUT2D eigenvalue weighted by atomic mass is 10.2. The first-order chi connectivity index (χ1) is 10.8. The molecule has 0 atom stereocenters. The van der Waals surface area contributed by atoms with Crippen molar-refractivity contribution in [3.8, 4) is 0 Å². The van der Waals surface area contributed by atoms with Crippen LogP contribution in [-0.2, 0) is 6.18 Å². The molecule has 0 spiro atoms. The van der Waals surface area contributed by atoms with Gasteiger partial charge in [0.15, 0.2) is 0 Å².